The average Bonchev–Trinajstić information content (AvgIpc) is 3.12. The van der Waals surface area contributed by atoms with Gasteiger partial charge in [-0.15, -0.1) is 22.7 Å². The number of nitrogens with zero attached hydrogens (tertiary/aromatic N) is 1. The van der Waals surface area contributed by atoms with Gasteiger partial charge >= 0.3 is 0 Å². The minimum atomic E-state index is -0.228. The molecule has 114 valence electrons. The molecule has 0 amide bonds. The number of aryl methyl sites for hydroxylation is 1. The number of aromatic nitrogens is 1. The van der Waals surface area contributed by atoms with Crippen LogP contribution in [0.4, 0.5) is 4.39 Å². The van der Waals surface area contributed by atoms with Gasteiger partial charge < -0.3 is 4.74 Å². The van der Waals surface area contributed by atoms with E-state index < -0.39 is 0 Å². The maximum absolute atomic E-state index is 13.1. The molecule has 0 bridgehead atoms. The van der Waals surface area contributed by atoms with Gasteiger partial charge in [-0.2, -0.15) is 0 Å². The van der Waals surface area contributed by atoms with Crippen LogP contribution in [0.5, 0.6) is 0 Å². The molecule has 0 saturated heterocycles. The van der Waals surface area contributed by atoms with E-state index in [0.29, 0.717) is 6.61 Å². The Labute approximate surface area is 137 Å². The van der Waals surface area contributed by atoms with Gasteiger partial charge in [0.2, 0.25) is 0 Å². The molecular weight excluding hydrogens is 317 g/mol. The van der Waals surface area contributed by atoms with Crippen LogP contribution in [-0.2, 0) is 11.2 Å². The number of thiazole rings is 1. The highest BCUT2D eigenvalue weighted by Crippen LogP contribution is 2.39. The van der Waals surface area contributed by atoms with E-state index in [2.05, 4.69) is 19.1 Å². The Morgan fingerprint density at radius 3 is 2.50 bits per heavy atom. The van der Waals surface area contributed by atoms with Crippen molar-refractivity contribution in [1.29, 1.82) is 0 Å². The molecule has 2 nitrogen and oxygen atoms in total. The van der Waals surface area contributed by atoms with Gasteiger partial charge in [-0.05, 0) is 43.3 Å². The molecule has 0 fully saturated rings. The molecule has 0 radical (unpaired) electrons. The van der Waals surface area contributed by atoms with Gasteiger partial charge in [-0.1, -0.05) is 0 Å². The summed E-state index contributed by atoms with van der Waals surface area (Å²) in [6.45, 7) is 2.74. The van der Waals surface area contributed by atoms with Gasteiger partial charge in [0.05, 0.1) is 17.2 Å². The van der Waals surface area contributed by atoms with Gasteiger partial charge in [0, 0.05) is 28.8 Å². The molecule has 2 heterocycles. The van der Waals surface area contributed by atoms with Crippen LogP contribution in [-0.4, -0.2) is 18.7 Å². The number of thiophene rings is 1. The summed E-state index contributed by atoms with van der Waals surface area (Å²) in [5, 5.41) is 0.923. The Morgan fingerprint density at radius 2 is 1.86 bits per heavy atom. The fraction of sp³-hybridized carbons (Fsp3) is 0.235. The van der Waals surface area contributed by atoms with E-state index in [1.165, 1.54) is 26.8 Å². The summed E-state index contributed by atoms with van der Waals surface area (Å²) in [5.41, 5.74) is 2.00. The zero-order chi connectivity index (χ0) is 15.5. The van der Waals surface area contributed by atoms with Crippen LogP contribution in [0, 0.1) is 12.7 Å². The van der Waals surface area contributed by atoms with Gasteiger partial charge in [-0.25, -0.2) is 9.37 Å². The second-order valence-corrected chi connectivity index (χ2v) is 7.24. The fourth-order valence-corrected chi connectivity index (χ4v) is 4.30. The molecule has 0 spiro atoms. The Bertz CT molecular complexity index is 761. The Kier molecular flexibility index (Phi) is 4.66. The van der Waals surface area contributed by atoms with Crippen molar-refractivity contribution in [2.75, 3.05) is 13.7 Å². The third-order valence-corrected chi connectivity index (χ3v) is 5.62. The maximum Gasteiger partial charge on any atom is 0.124 e. The predicted molar refractivity (Wildman–Crippen MR) is 91.1 cm³/mol. The third-order valence-electron chi connectivity index (χ3n) is 3.30. The molecule has 0 aliphatic heterocycles. The predicted octanol–water partition coefficient (Wildman–Crippen LogP) is 5.18. The zero-order valence-electron chi connectivity index (χ0n) is 12.4. The van der Waals surface area contributed by atoms with Crippen molar-refractivity contribution in [2.45, 2.75) is 13.3 Å². The maximum atomic E-state index is 13.1. The molecule has 1 aromatic carbocycles. The molecule has 0 aliphatic carbocycles. The van der Waals surface area contributed by atoms with Crippen LogP contribution in [0.15, 0.2) is 36.4 Å². The molecule has 3 aromatic rings. The summed E-state index contributed by atoms with van der Waals surface area (Å²) in [6, 6.07) is 10.8. The topological polar surface area (TPSA) is 22.1 Å². The monoisotopic (exact) mass is 333 g/mol. The summed E-state index contributed by atoms with van der Waals surface area (Å²) in [7, 11) is 1.70. The standard InChI is InChI=1S/C17H16FNOS2/c1-11-3-8-15(21-11)16-14(9-10-20-2)19-17(22-16)12-4-6-13(18)7-5-12/h3-8H,9-10H2,1-2H3. The van der Waals surface area contributed by atoms with Crippen molar-refractivity contribution in [2.24, 2.45) is 0 Å². The van der Waals surface area contributed by atoms with Gasteiger partial charge in [0.25, 0.3) is 0 Å². The SMILES string of the molecule is COCCc1nc(-c2ccc(F)cc2)sc1-c1ccc(C)s1. The third kappa shape index (κ3) is 3.27. The first-order chi connectivity index (χ1) is 10.7. The van der Waals surface area contributed by atoms with Crippen molar-refractivity contribution in [3.63, 3.8) is 0 Å². The molecule has 0 atom stereocenters. The summed E-state index contributed by atoms with van der Waals surface area (Å²) in [5.74, 6) is -0.228. The smallest absolute Gasteiger partial charge is 0.124 e. The van der Waals surface area contributed by atoms with Crippen LogP contribution in [0.1, 0.15) is 10.6 Å². The van der Waals surface area contributed by atoms with Gasteiger partial charge in [0.1, 0.15) is 10.8 Å². The Balaban J connectivity index is 2.02. The van der Waals surface area contributed by atoms with Crippen molar-refractivity contribution in [1.82, 2.24) is 4.98 Å². The summed E-state index contributed by atoms with van der Waals surface area (Å²) >= 11 is 3.43. The number of halogens is 1. The lowest BCUT2D eigenvalue weighted by atomic mass is 10.2. The number of methoxy groups -OCH3 is 1. The summed E-state index contributed by atoms with van der Waals surface area (Å²) < 4.78 is 18.3. The number of benzene rings is 1. The highest BCUT2D eigenvalue weighted by atomic mass is 32.1. The Morgan fingerprint density at radius 1 is 1.09 bits per heavy atom. The first-order valence-electron chi connectivity index (χ1n) is 6.99. The molecule has 0 unspecified atom stereocenters. The van der Waals surface area contributed by atoms with Crippen LogP contribution >= 0.6 is 22.7 Å². The van der Waals surface area contributed by atoms with E-state index in [9.17, 15) is 4.39 Å². The van der Waals surface area contributed by atoms with E-state index in [0.717, 1.165) is 22.7 Å². The number of ether oxygens (including phenoxy) is 1. The number of rotatable bonds is 5. The molecule has 22 heavy (non-hydrogen) atoms. The van der Waals surface area contributed by atoms with Crippen LogP contribution in [0.3, 0.4) is 0 Å². The van der Waals surface area contributed by atoms with E-state index in [-0.39, 0.29) is 5.82 Å². The second-order valence-electron chi connectivity index (χ2n) is 4.95. The van der Waals surface area contributed by atoms with E-state index in [1.54, 1.807) is 41.9 Å². The number of hydrogen-bond acceptors (Lipinski definition) is 4. The number of hydrogen-bond donors (Lipinski definition) is 0. The first kappa shape index (κ1) is 15.3. The van der Waals surface area contributed by atoms with Crippen molar-refractivity contribution in [3.8, 4) is 20.3 Å². The first-order valence-corrected chi connectivity index (χ1v) is 8.62. The molecule has 2 aromatic heterocycles. The molecule has 5 heteroatoms. The average molecular weight is 333 g/mol. The lowest BCUT2D eigenvalue weighted by Gasteiger charge is -1.99. The van der Waals surface area contributed by atoms with Gasteiger partial charge in [-0.3, -0.25) is 0 Å². The summed E-state index contributed by atoms with van der Waals surface area (Å²) in [4.78, 5) is 8.46. The van der Waals surface area contributed by atoms with Crippen LogP contribution in [0.25, 0.3) is 20.3 Å². The van der Waals surface area contributed by atoms with Crippen LogP contribution in [0.2, 0.25) is 0 Å². The van der Waals surface area contributed by atoms with E-state index in [1.807, 2.05) is 0 Å². The normalized spacial score (nSPS) is 11.0. The molecule has 0 saturated carbocycles. The van der Waals surface area contributed by atoms with Crippen LogP contribution < -0.4 is 0 Å². The second kappa shape index (κ2) is 6.69. The zero-order valence-corrected chi connectivity index (χ0v) is 14.1. The minimum absolute atomic E-state index is 0.228. The highest BCUT2D eigenvalue weighted by Gasteiger charge is 2.15. The molecule has 0 N–H and O–H groups in total. The van der Waals surface area contributed by atoms with Crippen molar-refractivity contribution < 1.29 is 9.13 Å². The molecular formula is C17H16FNOS2. The van der Waals surface area contributed by atoms with Crippen molar-refractivity contribution >= 4 is 22.7 Å². The molecule has 0 aliphatic rings. The van der Waals surface area contributed by atoms with E-state index in [4.69, 9.17) is 9.72 Å². The minimum Gasteiger partial charge on any atom is -0.384 e. The lowest BCUT2D eigenvalue weighted by molar-refractivity contribution is 0.201. The van der Waals surface area contributed by atoms with E-state index >= 15 is 0 Å². The lowest BCUT2D eigenvalue weighted by Crippen LogP contribution is -1.96. The Hall–Kier alpha value is -1.56. The fourth-order valence-electron chi connectivity index (χ4n) is 2.18. The largest absolute Gasteiger partial charge is 0.384 e. The van der Waals surface area contributed by atoms with Crippen molar-refractivity contribution in [3.05, 3.63) is 52.8 Å². The summed E-state index contributed by atoms with van der Waals surface area (Å²) in [6.07, 6.45) is 0.778. The highest BCUT2D eigenvalue weighted by molar-refractivity contribution is 7.23. The van der Waals surface area contributed by atoms with Gasteiger partial charge in [0.15, 0.2) is 0 Å². The molecule has 3 rings (SSSR count). The quantitative estimate of drug-likeness (QED) is 0.642.